The number of carbonyl (C=O) groups excluding carboxylic acids is 1. The van der Waals surface area contributed by atoms with Crippen LogP contribution in [0.25, 0.3) is 6.08 Å². The molecule has 1 aromatic heterocycles. The molecular formula is C28H30N2O6. The number of aliphatic hydroxyl groups excluding tert-OH is 1. The van der Waals surface area contributed by atoms with Gasteiger partial charge in [0.25, 0.3) is 5.91 Å². The molecular weight excluding hydrogens is 460 g/mol. The summed E-state index contributed by atoms with van der Waals surface area (Å²) in [6.07, 6.45) is 9.19. The maximum absolute atomic E-state index is 13.2. The molecule has 8 heteroatoms. The van der Waals surface area contributed by atoms with Crippen molar-refractivity contribution in [2.75, 3.05) is 20.1 Å². The summed E-state index contributed by atoms with van der Waals surface area (Å²) in [6.45, 7) is 1.57. The van der Waals surface area contributed by atoms with Crippen LogP contribution >= 0.6 is 0 Å². The van der Waals surface area contributed by atoms with Crippen molar-refractivity contribution in [1.29, 1.82) is 0 Å². The van der Waals surface area contributed by atoms with Crippen molar-refractivity contribution in [2.24, 2.45) is 5.92 Å². The molecule has 7 rings (SSSR count). The van der Waals surface area contributed by atoms with E-state index in [1.165, 1.54) is 18.9 Å². The number of benzene rings is 1. The third-order valence-electron chi connectivity index (χ3n) is 9.09. The van der Waals surface area contributed by atoms with Crippen molar-refractivity contribution in [3.05, 3.63) is 64.9 Å². The minimum atomic E-state index is -1.28. The van der Waals surface area contributed by atoms with Gasteiger partial charge in [0.15, 0.2) is 11.5 Å². The predicted octanol–water partition coefficient (Wildman–Crippen LogP) is 3.06. The first kappa shape index (κ1) is 22.2. The maximum atomic E-state index is 13.2. The number of ether oxygens (including phenoxy) is 1. The Morgan fingerprint density at radius 1 is 1.28 bits per heavy atom. The summed E-state index contributed by atoms with van der Waals surface area (Å²) in [5.41, 5.74) is 0.675. The van der Waals surface area contributed by atoms with Crippen LogP contribution in [0.15, 0.2) is 52.7 Å². The molecule has 3 N–H and O–H groups in total. The van der Waals surface area contributed by atoms with Crippen molar-refractivity contribution in [2.45, 2.75) is 55.3 Å². The highest BCUT2D eigenvalue weighted by Gasteiger charge is 2.72. The SMILES string of the molecule is CN(C(=O)/C=C/c1ccoc1)C1=C2Oc3c(O)ccc4c3[C@@]23CCN(CC2CC2)[C@H](C4O)[C@]3(O)CC1. The van der Waals surface area contributed by atoms with E-state index in [9.17, 15) is 20.1 Å². The minimum Gasteiger partial charge on any atom is -0.504 e. The molecule has 1 spiro atoms. The summed E-state index contributed by atoms with van der Waals surface area (Å²) >= 11 is 0. The zero-order chi connectivity index (χ0) is 24.8. The van der Waals surface area contributed by atoms with Gasteiger partial charge in [-0.2, -0.15) is 0 Å². The number of rotatable bonds is 5. The van der Waals surface area contributed by atoms with Gasteiger partial charge in [-0.3, -0.25) is 9.69 Å². The first-order valence-corrected chi connectivity index (χ1v) is 12.8. The van der Waals surface area contributed by atoms with E-state index in [1.54, 1.807) is 48.7 Å². The lowest BCUT2D eigenvalue weighted by atomic mass is 9.50. The maximum Gasteiger partial charge on any atom is 0.250 e. The van der Waals surface area contributed by atoms with Gasteiger partial charge in [-0.1, -0.05) is 6.07 Å². The third-order valence-corrected chi connectivity index (χ3v) is 9.09. The van der Waals surface area contributed by atoms with Crippen LogP contribution in [0.2, 0.25) is 0 Å². The summed E-state index contributed by atoms with van der Waals surface area (Å²) < 4.78 is 11.5. The highest BCUT2D eigenvalue weighted by molar-refractivity contribution is 5.93. The van der Waals surface area contributed by atoms with Crippen LogP contribution < -0.4 is 4.74 Å². The number of aliphatic hydroxyl groups is 2. The fourth-order valence-corrected chi connectivity index (χ4v) is 7.21. The molecule has 4 atom stereocenters. The average Bonchev–Trinajstić information content (AvgIpc) is 3.38. The van der Waals surface area contributed by atoms with Crippen molar-refractivity contribution >= 4 is 12.0 Å². The van der Waals surface area contributed by atoms with E-state index in [0.717, 1.165) is 12.1 Å². The Bertz CT molecular complexity index is 1310. The lowest BCUT2D eigenvalue weighted by Gasteiger charge is -2.62. The van der Waals surface area contributed by atoms with Crippen molar-refractivity contribution in [1.82, 2.24) is 9.80 Å². The monoisotopic (exact) mass is 490 g/mol. The van der Waals surface area contributed by atoms with Gasteiger partial charge in [-0.05, 0) is 61.8 Å². The van der Waals surface area contributed by atoms with E-state index < -0.39 is 23.2 Å². The number of aromatic hydroxyl groups is 1. The van der Waals surface area contributed by atoms with Crippen molar-refractivity contribution in [3.63, 3.8) is 0 Å². The van der Waals surface area contributed by atoms with Crippen LogP contribution in [0.1, 0.15) is 54.9 Å². The Kier molecular flexibility index (Phi) is 4.60. The van der Waals surface area contributed by atoms with E-state index in [0.29, 0.717) is 60.1 Å². The van der Waals surface area contributed by atoms with E-state index in [-0.39, 0.29) is 11.7 Å². The molecule has 2 fully saturated rings. The molecule has 1 aromatic carbocycles. The van der Waals surface area contributed by atoms with Gasteiger partial charge in [0.2, 0.25) is 0 Å². The van der Waals surface area contributed by atoms with Crippen LogP contribution in [0.4, 0.5) is 0 Å². The molecule has 36 heavy (non-hydrogen) atoms. The average molecular weight is 491 g/mol. The lowest BCUT2D eigenvalue weighted by molar-refractivity contribution is -0.183. The zero-order valence-electron chi connectivity index (χ0n) is 20.2. The topological polar surface area (TPSA) is 107 Å². The normalized spacial score (nSPS) is 32.5. The number of piperidine rings is 1. The quantitative estimate of drug-likeness (QED) is 0.553. The van der Waals surface area contributed by atoms with Crippen LogP contribution in [-0.2, 0) is 10.2 Å². The molecule has 1 saturated heterocycles. The summed E-state index contributed by atoms with van der Waals surface area (Å²) in [6, 6.07) is 4.61. The summed E-state index contributed by atoms with van der Waals surface area (Å²) in [5.74, 6) is 1.20. The van der Waals surface area contributed by atoms with Gasteiger partial charge in [-0.25, -0.2) is 0 Å². The standard InChI is InChI=1S/C28H30N2O6/c1-29(21(32)7-4-17-9-13-35-15-17)19-8-10-28(34)25-23(33)18-5-6-20(31)24-22(18)27(28,26(19)36-24)11-12-30(25)14-16-2-3-16/h4-7,9,13,15-16,23,25,31,33-34H,2-3,8,10-12,14H2,1H3/b7-4+/t23?,25-,27+,28-/m1/s1. The van der Waals surface area contributed by atoms with Gasteiger partial charge in [-0.15, -0.1) is 0 Å². The molecule has 2 aromatic rings. The van der Waals surface area contributed by atoms with Gasteiger partial charge < -0.3 is 29.4 Å². The second kappa shape index (κ2) is 7.47. The van der Waals surface area contributed by atoms with Gasteiger partial charge in [0.05, 0.1) is 35.8 Å². The number of phenolic OH excluding ortho intramolecular Hbond substituents is 1. The fourth-order valence-electron chi connectivity index (χ4n) is 7.21. The number of amides is 1. The summed E-state index contributed by atoms with van der Waals surface area (Å²) in [5, 5.41) is 34.9. The molecule has 1 amide bonds. The van der Waals surface area contributed by atoms with Crippen LogP contribution in [0.5, 0.6) is 11.5 Å². The van der Waals surface area contributed by atoms with Crippen molar-refractivity contribution in [3.8, 4) is 11.5 Å². The molecule has 188 valence electrons. The third kappa shape index (κ3) is 2.77. The fraction of sp³-hybridized carbons (Fsp3) is 0.464. The van der Waals surface area contributed by atoms with E-state index >= 15 is 0 Å². The number of hydrogen-bond donors (Lipinski definition) is 3. The smallest absolute Gasteiger partial charge is 0.250 e. The molecule has 2 bridgehead atoms. The number of carbonyl (C=O) groups is 1. The van der Waals surface area contributed by atoms with Crippen LogP contribution in [0.3, 0.4) is 0 Å². The second-order valence-corrected chi connectivity index (χ2v) is 11.0. The number of likely N-dealkylation sites (N-methyl/N-ethyl adjacent to an activating group) is 1. The van der Waals surface area contributed by atoms with Crippen LogP contribution in [-0.4, -0.2) is 62.8 Å². The number of nitrogens with zero attached hydrogens (tertiary/aromatic N) is 2. The second-order valence-electron chi connectivity index (χ2n) is 11.0. The van der Waals surface area contributed by atoms with E-state index in [2.05, 4.69) is 4.90 Å². The Balaban J connectivity index is 1.36. The first-order chi connectivity index (χ1) is 17.3. The molecule has 2 aliphatic heterocycles. The summed E-state index contributed by atoms with van der Waals surface area (Å²) in [4.78, 5) is 17.0. The Labute approximate surface area is 209 Å². The van der Waals surface area contributed by atoms with Gasteiger partial charge in [0.1, 0.15) is 11.4 Å². The minimum absolute atomic E-state index is 0.0216. The van der Waals surface area contributed by atoms with E-state index in [4.69, 9.17) is 9.15 Å². The number of hydrogen-bond acceptors (Lipinski definition) is 7. The Hall–Kier alpha value is -3.07. The highest BCUT2D eigenvalue weighted by Crippen LogP contribution is 2.68. The highest BCUT2D eigenvalue weighted by atomic mass is 16.5. The molecule has 1 saturated carbocycles. The Morgan fingerprint density at radius 2 is 2.11 bits per heavy atom. The molecule has 5 aliphatic rings. The number of furan rings is 1. The number of likely N-dealkylation sites (tertiary alicyclic amines) is 1. The predicted molar refractivity (Wildman–Crippen MR) is 130 cm³/mol. The number of phenols is 1. The Morgan fingerprint density at radius 3 is 2.86 bits per heavy atom. The van der Waals surface area contributed by atoms with Crippen LogP contribution in [0, 0.1) is 5.92 Å². The van der Waals surface area contributed by atoms with Gasteiger partial charge >= 0.3 is 0 Å². The molecule has 3 aliphatic carbocycles. The van der Waals surface area contributed by atoms with Gasteiger partial charge in [0, 0.05) is 37.3 Å². The van der Waals surface area contributed by atoms with Crippen molar-refractivity contribution < 1.29 is 29.3 Å². The van der Waals surface area contributed by atoms with E-state index in [1.807, 2.05) is 0 Å². The molecule has 8 nitrogen and oxygen atoms in total. The first-order valence-electron chi connectivity index (χ1n) is 12.8. The lowest BCUT2D eigenvalue weighted by Crippen LogP contribution is -2.73. The summed E-state index contributed by atoms with van der Waals surface area (Å²) in [7, 11) is 1.72. The zero-order valence-corrected chi connectivity index (χ0v) is 20.2. The number of allylic oxidation sites excluding steroid dienone is 1. The molecule has 3 heterocycles. The molecule has 1 unspecified atom stereocenters. The largest absolute Gasteiger partial charge is 0.504 e. The molecule has 0 radical (unpaired) electrons.